The fourth-order valence-corrected chi connectivity index (χ4v) is 7.34. The Morgan fingerprint density at radius 1 is 1.12 bits per heavy atom. The quantitative estimate of drug-likeness (QED) is 0.666. The summed E-state index contributed by atoms with van der Waals surface area (Å²) >= 11 is 0. The van der Waals surface area contributed by atoms with Crippen molar-refractivity contribution in [1.29, 1.82) is 0 Å². The summed E-state index contributed by atoms with van der Waals surface area (Å²) in [6.45, 7) is 0. The Hall–Kier alpha value is -0.780. The molecule has 0 amide bonds. The lowest BCUT2D eigenvalue weighted by molar-refractivity contribution is 0.119. The molecule has 2 bridgehead atoms. The second-order valence-electron chi connectivity index (χ2n) is 4.48. The molecule has 3 heterocycles. The fourth-order valence-electron chi connectivity index (χ4n) is 2.83. The van der Waals surface area contributed by atoms with Crippen LogP contribution in [0.2, 0.25) is 0 Å². The Morgan fingerprint density at radius 2 is 1.76 bits per heavy atom. The highest BCUT2D eigenvalue weighted by Crippen LogP contribution is 2.52. The number of benzene rings is 1. The van der Waals surface area contributed by atoms with Gasteiger partial charge in [-0.05, 0) is 12.1 Å². The minimum absolute atomic E-state index is 0.0118. The molecule has 5 heteroatoms. The third kappa shape index (κ3) is 1.05. The molecule has 4 atom stereocenters. The van der Waals surface area contributed by atoms with Crippen molar-refractivity contribution in [2.75, 3.05) is 0 Å². The van der Waals surface area contributed by atoms with E-state index in [-0.39, 0.29) is 12.2 Å². The molecule has 0 aliphatic carbocycles. The van der Waals surface area contributed by atoms with Crippen LogP contribution in [0.1, 0.15) is 6.42 Å². The predicted molar refractivity (Wildman–Crippen MR) is 64.4 cm³/mol. The molecule has 1 aromatic carbocycles. The van der Waals surface area contributed by atoms with Crippen molar-refractivity contribution in [3.63, 3.8) is 0 Å². The van der Waals surface area contributed by atoms with E-state index in [9.17, 15) is 8.42 Å². The molecule has 3 nitrogen and oxygen atoms in total. The largest absolute Gasteiger partial charge is 0.364 e. The first-order valence-corrected chi connectivity index (χ1v) is 7.80. The Bertz CT molecular complexity index is 558. The Morgan fingerprint density at radius 3 is 2.24 bits per heavy atom. The Labute approximate surface area is 104 Å². The first-order valence-electron chi connectivity index (χ1n) is 5.50. The standard InChI is InChI=1S/C12H10O3S2/c13-16-9-3-1-2-4-10(9)17(14)12(16)7-8-5-6-11(12)15-8/h1-6,8,11H,7H2/t8-,11+,16-,17-/m0/s1. The molecule has 3 aliphatic rings. The molecule has 1 spiro atoms. The third-order valence-electron chi connectivity index (χ3n) is 3.62. The van der Waals surface area contributed by atoms with Crippen molar-refractivity contribution in [2.24, 2.45) is 0 Å². The van der Waals surface area contributed by atoms with Gasteiger partial charge in [-0.3, -0.25) is 8.42 Å². The summed E-state index contributed by atoms with van der Waals surface area (Å²) in [5, 5.41) is 0. The van der Waals surface area contributed by atoms with E-state index < -0.39 is 25.7 Å². The molecule has 0 radical (unpaired) electrons. The van der Waals surface area contributed by atoms with Crippen molar-refractivity contribution in [3.05, 3.63) is 36.4 Å². The van der Waals surface area contributed by atoms with E-state index >= 15 is 0 Å². The first kappa shape index (κ1) is 10.2. The molecule has 17 heavy (non-hydrogen) atoms. The highest BCUT2D eigenvalue weighted by atomic mass is 32.2. The zero-order valence-electron chi connectivity index (χ0n) is 8.87. The van der Waals surface area contributed by atoms with E-state index in [2.05, 4.69) is 0 Å². The fraction of sp³-hybridized carbons (Fsp3) is 0.333. The molecule has 0 unspecified atom stereocenters. The normalized spacial score (nSPS) is 40.0. The van der Waals surface area contributed by atoms with Crippen LogP contribution < -0.4 is 0 Å². The Balaban J connectivity index is 1.95. The van der Waals surface area contributed by atoms with E-state index in [0.29, 0.717) is 6.42 Å². The van der Waals surface area contributed by atoms with E-state index in [0.717, 1.165) is 9.79 Å². The zero-order valence-corrected chi connectivity index (χ0v) is 10.5. The summed E-state index contributed by atoms with van der Waals surface area (Å²) < 4.78 is 30.2. The molecular weight excluding hydrogens is 256 g/mol. The second kappa shape index (κ2) is 3.16. The van der Waals surface area contributed by atoms with E-state index in [1.807, 2.05) is 36.4 Å². The number of ether oxygens (including phenoxy) is 1. The monoisotopic (exact) mass is 266 g/mol. The van der Waals surface area contributed by atoms with Gasteiger partial charge in [0.05, 0.1) is 37.5 Å². The van der Waals surface area contributed by atoms with Gasteiger partial charge in [-0.1, -0.05) is 24.3 Å². The number of hydrogen-bond acceptors (Lipinski definition) is 3. The van der Waals surface area contributed by atoms with Gasteiger partial charge in [-0.15, -0.1) is 0 Å². The van der Waals surface area contributed by atoms with E-state index in [1.165, 1.54) is 0 Å². The van der Waals surface area contributed by atoms with Crippen molar-refractivity contribution >= 4 is 21.6 Å². The number of rotatable bonds is 0. The Kier molecular flexibility index (Phi) is 1.89. The summed E-state index contributed by atoms with van der Waals surface area (Å²) in [4.78, 5) is 1.44. The molecule has 1 fully saturated rings. The van der Waals surface area contributed by atoms with Gasteiger partial charge in [0.2, 0.25) is 0 Å². The number of hydrogen-bond donors (Lipinski definition) is 0. The van der Waals surface area contributed by atoms with Gasteiger partial charge in [0.15, 0.2) is 4.08 Å². The van der Waals surface area contributed by atoms with Crippen LogP contribution in [0.5, 0.6) is 0 Å². The summed E-state index contributed by atoms with van der Waals surface area (Å²) in [5.41, 5.74) is 0. The van der Waals surface area contributed by atoms with Crippen LogP contribution in [0.15, 0.2) is 46.2 Å². The summed E-state index contributed by atoms with van der Waals surface area (Å²) in [6, 6.07) is 7.31. The van der Waals surface area contributed by atoms with Crippen molar-refractivity contribution in [3.8, 4) is 0 Å². The average Bonchev–Trinajstić information content (AvgIpc) is 3.01. The topological polar surface area (TPSA) is 43.4 Å². The maximum Gasteiger partial charge on any atom is 0.162 e. The molecule has 0 saturated carbocycles. The maximum atomic E-state index is 12.6. The number of fused-ring (bicyclic) bond motifs is 4. The third-order valence-corrected chi connectivity index (χ3v) is 8.22. The first-order chi connectivity index (χ1) is 8.23. The molecule has 0 aromatic heterocycles. The van der Waals surface area contributed by atoms with E-state index in [1.54, 1.807) is 0 Å². The molecule has 88 valence electrons. The lowest BCUT2D eigenvalue weighted by atomic mass is 10.1. The summed E-state index contributed by atoms with van der Waals surface area (Å²) in [6.07, 6.45) is 4.22. The van der Waals surface area contributed by atoms with Gasteiger partial charge in [0.25, 0.3) is 0 Å². The van der Waals surface area contributed by atoms with Crippen LogP contribution in [-0.4, -0.2) is 24.7 Å². The maximum absolute atomic E-state index is 12.6. The lowest BCUT2D eigenvalue weighted by Crippen LogP contribution is -2.42. The molecule has 4 rings (SSSR count). The van der Waals surface area contributed by atoms with Gasteiger partial charge in [0, 0.05) is 6.42 Å². The van der Waals surface area contributed by atoms with Crippen molar-refractivity contribution in [2.45, 2.75) is 32.5 Å². The highest BCUT2D eigenvalue weighted by molar-refractivity contribution is 8.07. The van der Waals surface area contributed by atoms with Crippen LogP contribution >= 0.6 is 0 Å². The van der Waals surface area contributed by atoms with Gasteiger partial charge in [-0.25, -0.2) is 0 Å². The van der Waals surface area contributed by atoms with Gasteiger partial charge < -0.3 is 4.74 Å². The predicted octanol–water partition coefficient (Wildman–Crippen LogP) is 1.34. The van der Waals surface area contributed by atoms with Crippen molar-refractivity contribution in [1.82, 2.24) is 0 Å². The molecule has 3 aliphatic heterocycles. The molecular formula is C12H10O3S2. The minimum atomic E-state index is -1.24. The lowest BCUT2D eigenvalue weighted by Gasteiger charge is -2.25. The van der Waals surface area contributed by atoms with E-state index in [4.69, 9.17) is 4.74 Å². The molecule has 0 N–H and O–H groups in total. The van der Waals surface area contributed by atoms with Gasteiger partial charge >= 0.3 is 0 Å². The van der Waals surface area contributed by atoms with Gasteiger partial charge in [0.1, 0.15) is 6.10 Å². The average molecular weight is 266 g/mol. The summed E-state index contributed by atoms with van der Waals surface area (Å²) in [7, 11) is -2.48. The summed E-state index contributed by atoms with van der Waals surface area (Å²) in [5.74, 6) is 0. The van der Waals surface area contributed by atoms with Crippen LogP contribution in [-0.2, 0) is 26.3 Å². The molecule has 1 saturated heterocycles. The zero-order chi connectivity index (χ0) is 11.6. The second-order valence-corrected chi connectivity index (χ2v) is 8.15. The van der Waals surface area contributed by atoms with Crippen molar-refractivity contribution < 1.29 is 13.2 Å². The molecule has 1 aromatic rings. The van der Waals surface area contributed by atoms with Crippen LogP contribution in [0.3, 0.4) is 0 Å². The van der Waals surface area contributed by atoms with Crippen LogP contribution in [0.4, 0.5) is 0 Å². The minimum Gasteiger partial charge on any atom is -0.364 e. The highest BCUT2D eigenvalue weighted by Gasteiger charge is 2.62. The van der Waals surface area contributed by atoms with Crippen LogP contribution in [0, 0.1) is 0 Å². The smallest absolute Gasteiger partial charge is 0.162 e. The van der Waals surface area contributed by atoms with Crippen LogP contribution in [0.25, 0.3) is 0 Å². The SMILES string of the molecule is O=[S@]1c2ccccc2[S@](=O)C12C[C@@H]1C=C[C@H]2O1. The van der Waals surface area contributed by atoms with Gasteiger partial charge in [-0.2, -0.15) is 0 Å².